The Kier molecular flexibility index (Phi) is 45.4. The summed E-state index contributed by atoms with van der Waals surface area (Å²) in [5, 5.41) is 7.62. The first-order chi connectivity index (χ1) is 3.56. The second-order valence-electron chi connectivity index (χ2n) is 0.129. The van der Waals surface area contributed by atoms with E-state index in [4.69, 9.17) is 14.1 Å². The summed E-state index contributed by atoms with van der Waals surface area (Å²) in [4.78, 5) is 8.00. The van der Waals surface area contributed by atoms with Gasteiger partial charge in [0.05, 0.1) is 7.74 Å². The Morgan fingerprint density at radius 2 is 2.17 bits per heavy atom. The summed E-state index contributed by atoms with van der Waals surface area (Å²) in [6.07, 6.45) is 0. The van der Waals surface area contributed by atoms with Gasteiger partial charge in [-0.2, -0.15) is 5.97 Å². The van der Waals surface area contributed by atoms with Crippen molar-refractivity contribution in [1.82, 2.24) is 0 Å². The van der Waals surface area contributed by atoms with Crippen molar-refractivity contribution in [2.24, 2.45) is 0 Å². The SMILES string of the molecule is C=O.[2H][B-]([2H])([2H])C#N.[NaH]. The van der Waals surface area contributed by atoms with E-state index < -0.39 is 7.74 Å². The minimum absolute atomic E-state index is 0. The molecule has 0 aromatic heterocycles. The van der Waals surface area contributed by atoms with Gasteiger partial charge < -0.3 is 4.79 Å². The van der Waals surface area contributed by atoms with Gasteiger partial charge in [0.1, 0.15) is 6.79 Å². The van der Waals surface area contributed by atoms with Crippen molar-refractivity contribution < 1.29 is 4.79 Å². The second kappa shape index (κ2) is 62.2. The quantitative estimate of drug-likeness (QED) is 0.328. The molecule has 0 saturated heterocycles. The Labute approximate surface area is 64.3 Å². The van der Waals surface area contributed by atoms with Crippen molar-refractivity contribution >= 4 is 44.1 Å². The van der Waals surface area contributed by atoms with Crippen LogP contribution in [0.3, 0.4) is 0 Å². The molecule has 6 heavy (non-hydrogen) atoms. The fourth-order valence-corrected chi connectivity index (χ4v) is 0. The topological polar surface area (TPSA) is 40.9 Å². The summed E-state index contributed by atoms with van der Waals surface area (Å²) < 4.78 is 18.6. The molecule has 0 aromatic carbocycles. The summed E-state index contributed by atoms with van der Waals surface area (Å²) in [6.45, 7) is 2.00. The average Bonchev–Trinajstić information content (AvgIpc) is 1.71. The molecule has 0 radical (unpaired) electrons. The van der Waals surface area contributed by atoms with Crippen LogP contribution in [-0.4, -0.2) is 48.1 Å². The van der Waals surface area contributed by atoms with Gasteiger partial charge in [-0.1, -0.05) is 0 Å². The van der Waals surface area contributed by atoms with Crippen LogP contribution < -0.4 is 0 Å². The van der Waals surface area contributed by atoms with Gasteiger partial charge in [0.25, 0.3) is 0 Å². The summed E-state index contributed by atoms with van der Waals surface area (Å²) in [5.74, 6) is 1.17. The number of nitriles is 1. The maximum atomic E-state index is 8.00. The van der Waals surface area contributed by atoms with E-state index in [-0.39, 0.29) is 29.6 Å². The van der Waals surface area contributed by atoms with Gasteiger partial charge in [-0.3, -0.25) is 5.26 Å². The van der Waals surface area contributed by atoms with Crippen molar-refractivity contribution in [2.45, 2.75) is 0 Å². The Morgan fingerprint density at radius 3 is 2.17 bits per heavy atom. The summed E-state index contributed by atoms with van der Waals surface area (Å²) >= 11 is 0. The molecule has 0 aliphatic heterocycles. The van der Waals surface area contributed by atoms with E-state index in [0.717, 1.165) is 0 Å². The molecule has 0 amide bonds. The second-order valence-corrected chi connectivity index (χ2v) is 0.129. The van der Waals surface area contributed by atoms with E-state index >= 15 is 0 Å². The maximum absolute atomic E-state index is 8.00. The Hall–Kier alpha value is 0.225. The Balaban J connectivity index is -0.000000109. The van der Waals surface area contributed by atoms with E-state index in [2.05, 4.69) is 0 Å². The van der Waals surface area contributed by atoms with Crippen molar-refractivity contribution in [1.29, 1.82) is 9.27 Å². The predicted molar refractivity (Wildman–Crippen MR) is 29.8 cm³/mol. The van der Waals surface area contributed by atoms with Gasteiger partial charge >= 0.3 is 29.6 Å². The fourth-order valence-electron chi connectivity index (χ4n) is 0. The van der Waals surface area contributed by atoms with Crippen LogP contribution in [0, 0.1) is 11.2 Å². The zero-order valence-corrected chi connectivity index (χ0v) is 2.64. The number of rotatable bonds is 0. The third kappa shape index (κ3) is 868. The van der Waals surface area contributed by atoms with Crippen LogP contribution in [0.1, 0.15) is 0 Å². The van der Waals surface area contributed by atoms with Gasteiger partial charge in [-0.15, -0.1) is 0 Å². The molecule has 0 aliphatic rings. The molecule has 0 rings (SSSR count). The van der Waals surface area contributed by atoms with Crippen LogP contribution >= 0.6 is 0 Å². The molecular weight excluding hydrogens is 87.8 g/mol. The molecule has 0 atom stereocenters. The van der Waals surface area contributed by atoms with E-state index in [9.17, 15) is 0 Å². The van der Waals surface area contributed by atoms with Crippen LogP contribution in [-0.2, 0) is 4.79 Å². The van der Waals surface area contributed by atoms with Gasteiger partial charge in [0, 0.05) is 0 Å². The van der Waals surface area contributed by atoms with Gasteiger partial charge in [0.15, 0.2) is 0 Å². The van der Waals surface area contributed by atoms with Gasteiger partial charge in [0.2, 0.25) is 0 Å². The normalized spacial score (nSPS) is 11.5. The zero-order chi connectivity index (χ0) is 7.21. The average molecular weight is 96.9 g/mol. The number of hydrogen-bond acceptors (Lipinski definition) is 2. The molecule has 0 unspecified atom stereocenters. The zero-order valence-electron chi connectivity index (χ0n) is 5.64. The van der Waals surface area contributed by atoms with E-state index in [0.29, 0.717) is 0 Å². The minimum atomic E-state index is -2.93. The molecule has 4 heteroatoms. The van der Waals surface area contributed by atoms with Crippen molar-refractivity contribution in [2.75, 3.05) is 0 Å². The van der Waals surface area contributed by atoms with Gasteiger partial charge in [-0.25, -0.2) is 4.01 Å². The van der Waals surface area contributed by atoms with Crippen LogP contribution in [0.4, 0.5) is 0 Å². The van der Waals surface area contributed by atoms with Crippen LogP contribution in [0.5, 0.6) is 0 Å². The van der Waals surface area contributed by atoms with Crippen molar-refractivity contribution in [3.63, 3.8) is 0 Å². The molecular formula is C2H6BNNaO-. The number of carbonyl (C=O) groups excluding carboxylic acids is 1. The Bertz CT molecular complexity index is 99.0. The fraction of sp³-hybridized carbons (Fsp3) is 0. The van der Waals surface area contributed by atoms with E-state index in [1.807, 2.05) is 6.79 Å². The standard InChI is InChI=1S/CH3BN.CH2O.Na.H/c2-1-3;1-2;;/h2H3;1H2;;/q-1;;;/i2D3;;;. The monoisotopic (exact) mass is 97.1 g/mol. The molecule has 0 N–H and O–H groups in total. The van der Waals surface area contributed by atoms with E-state index in [1.165, 1.54) is 5.97 Å². The molecule has 0 bridgehead atoms. The molecule has 0 spiro atoms. The number of hydrogen-bond donors (Lipinski definition) is 0. The number of carbonyl (C=O) groups is 1. The van der Waals surface area contributed by atoms with Crippen molar-refractivity contribution in [3.05, 3.63) is 0 Å². The Morgan fingerprint density at radius 1 is 2.00 bits per heavy atom. The molecule has 0 fully saturated rings. The van der Waals surface area contributed by atoms with E-state index in [1.54, 1.807) is 0 Å². The molecule has 0 saturated carbocycles. The molecule has 30 valence electrons. The van der Waals surface area contributed by atoms with Crippen LogP contribution in [0.2, 0.25) is 0 Å². The van der Waals surface area contributed by atoms with Crippen LogP contribution in [0.15, 0.2) is 0 Å². The predicted octanol–water partition coefficient (Wildman–Crippen LogP) is -2.00. The van der Waals surface area contributed by atoms with Crippen LogP contribution in [0.25, 0.3) is 0 Å². The molecule has 0 aromatic rings. The summed E-state index contributed by atoms with van der Waals surface area (Å²) in [7, 11) is -2.93. The first-order valence-electron chi connectivity index (χ1n) is 2.53. The van der Waals surface area contributed by atoms with Gasteiger partial charge in [-0.05, 0) is 0 Å². The molecule has 0 aliphatic carbocycles. The summed E-state index contributed by atoms with van der Waals surface area (Å²) in [5.41, 5.74) is 0. The molecule has 2 nitrogen and oxygen atoms in total. The first-order valence-corrected chi connectivity index (χ1v) is 0.801. The number of nitrogens with zero attached hydrogens (tertiary/aromatic N) is 1. The molecule has 0 heterocycles. The summed E-state index contributed by atoms with van der Waals surface area (Å²) in [6, 6.07) is 0. The third-order valence-electron chi connectivity index (χ3n) is 0. The first kappa shape index (κ1) is 4.39. The van der Waals surface area contributed by atoms with Crippen molar-refractivity contribution in [3.8, 4) is 5.97 Å². The third-order valence-corrected chi connectivity index (χ3v) is 0.